The monoisotopic (exact) mass is 430 g/mol. The van der Waals surface area contributed by atoms with Crippen molar-refractivity contribution in [1.29, 1.82) is 0 Å². The largest absolute Gasteiger partial charge is 0.487 e. The lowest BCUT2D eigenvalue weighted by Crippen LogP contribution is -2.20. The van der Waals surface area contributed by atoms with Crippen LogP contribution in [0.1, 0.15) is 21.8 Å². The maximum Gasteiger partial charge on any atom is 0.244 e. The number of hydrogen-bond acceptors (Lipinski definition) is 5. The Labute approximate surface area is 184 Å². The minimum absolute atomic E-state index is 0.166. The third kappa shape index (κ3) is 5.67. The first-order valence-corrected chi connectivity index (χ1v) is 10.7. The molecular weight excluding hydrogens is 408 g/mol. The number of rotatable bonds is 8. The summed E-state index contributed by atoms with van der Waals surface area (Å²) in [5.74, 6) is 0.549. The highest BCUT2D eigenvalue weighted by Crippen LogP contribution is 2.21. The zero-order valence-electron chi connectivity index (χ0n) is 17.1. The molecule has 0 atom stereocenters. The van der Waals surface area contributed by atoms with Crippen molar-refractivity contribution in [1.82, 2.24) is 20.1 Å². The number of nitrogens with zero attached hydrogens (tertiary/aromatic N) is 3. The van der Waals surface area contributed by atoms with Crippen LogP contribution in [-0.2, 0) is 17.9 Å². The Bertz CT molecular complexity index is 1160. The molecule has 2 aromatic heterocycles. The number of amides is 1. The summed E-state index contributed by atoms with van der Waals surface area (Å²) in [6.07, 6.45) is 6.91. The second-order valence-electron chi connectivity index (χ2n) is 6.85. The molecule has 0 bridgehead atoms. The first kappa shape index (κ1) is 20.6. The van der Waals surface area contributed by atoms with Gasteiger partial charge in [-0.3, -0.25) is 4.79 Å². The summed E-state index contributed by atoms with van der Waals surface area (Å²) in [7, 11) is 0. The molecule has 0 radical (unpaired) electrons. The molecule has 0 aliphatic heterocycles. The molecule has 0 saturated carbocycles. The molecule has 0 aliphatic rings. The van der Waals surface area contributed by atoms with Gasteiger partial charge < -0.3 is 10.1 Å². The topological polar surface area (TPSA) is 69.0 Å². The SMILES string of the molecule is Cc1nc(COc2ccccc2C=CC(=O)NCc2ccc(-n3cccn3)cc2)cs1. The average Bonchev–Trinajstić information content (AvgIpc) is 3.48. The molecule has 1 N–H and O–H groups in total. The third-order valence-corrected chi connectivity index (χ3v) is 5.37. The van der Waals surface area contributed by atoms with Crippen LogP contribution < -0.4 is 10.1 Å². The molecular formula is C24H22N4O2S. The number of nitrogens with one attached hydrogen (secondary N) is 1. The Morgan fingerprint density at radius 1 is 1.16 bits per heavy atom. The molecule has 0 aliphatic carbocycles. The lowest BCUT2D eigenvalue weighted by Gasteiger charge is -2.08. The van der Waals surface area contributed by atoms with Crippen LogP contribution in [0.25, 0.3) is 11.8 Å². The number of ether oxygens (including phenoxy) is 1. The molecule has 6 nitrogen and oxygen atoms in total. The molecule has 2 heterocycles. The quantitative estimate of drug-likeness (QED) is 0.417. The molecule has 2 aromatic carbocycles. The maximum absolute atomic E-state index is 12.3. The Morgan fingerprint density at radius 3 is 2.74 bits per heavy atom. The van der Waals surface area contributed by atoms with Gasteiger partial charge >= 0.3 is 0 Å². The molecule has 31 heavy (non-hydrogen) atoms. The molecule has 7 heteroatoms. The van der Waals surface area contributed by atoms with E-state index in [1.54, 1.807) is 28.3 Å². The normalized spacial score (nSPS) is 11.0. The Kier molecular flexibility index (Phi) is 6.54. The number of para-hydroxylation sites is 1. The highest BCUT2D eigenvalue weighted by Gasteiger charge is 2.04. The number of hydrogen-bond donors (Lipinski definition) is 1. The van der Waals surface area contributed by atoms with Gasteiger partial charge in [0.15, 0.2) is 0 Å². The van der Waals surface area contributed by atoms with Crippen molar-refractivity contribution in [2.45, 2.75) is 20.1 Å². The van der Waals surface area contributed by atoms with E-state index in [1.165, 1.54) is 6.08 Å². The highest BCUT2D eigenvalue weighted by molar-refractivity contribution is 7.09. The third-order valence-electron chi connectivity index (χ3n) is 4.55. The van der Waals surface area contributed by atoms with Gasteiger partial charge in [-0.25, -0.2) is 9.67 Å². The van der Waals surface area contributed by atoms with Crippen LogP contribution >= 0.6 is 11.3 Å². The highest BCUT2D eigenvalue weighted by atomic mass is 32.1. The second-order valence-corrected chi connectivity index (χ2v) is 7.91. The van der Waals surface area contributed by atoms with Crippen molar-refractivity contribution in [3.8, 4) is 11.4 Å². The van der Waals surface area contributed by atoms with Crippen LogP contribution in [0, 0.1) is 6.92 Å². The lowest BCUT2D eigenvalue weighted by atomic mass is 10.2. The number of aromatic nitrogens is 3. The van der Waals surface area contributed by atoms with Crippen LogP contribution in [0.3, 0.4) is 0 Å². The first-order valence-electron chi connectivity index (χ1n) is 9.85. The summed E-state index contributed by atoms with van der Waals surface area (Å²) in [6, 6.07) is 17.4. The van der Waals surface area contributed by atoms with Gasteiger partial charge in [0.2, 0.25) is 5.91 Å². The number of benzene rings is 2. The van der Waals surface area contributed by atoms with Crippen molar-refractivity contribution in [2.24, 2.45) is 0 Å². The minimum atomic E-state index is -0.166. The molecule has 0 spiro atoms. The lowest BCUT2D eigenvalue weighted by molar-refractivity contribution is -0.116. The van der Waals surface area contributed by atoms with Gasteiger partial charge in [-0.15, -0.1) is 11.3 Å². The van der Waals surface area contributed by atoms with Gasteiger partial charge in [-0.1, -0.05) is 30.3 Å². The second kappa shape index (κ2) is 9.86. The zero-order chi connectivity index (χ0) is 21.5. The van der Waals surface area contributed by atoms with Gasteiger partial charge in [0.1, 0.15) is 12.4 Å². The number of carbonyl (C=O) groups excluding carboxylic acids is 1. The van der Waals surface area contributed by atoms with Crippen molar-refractivity contribution >= 4 is 23.3 Å². The predicted octanol–water partition coefficient (Wildman–Crippen LogP) is 4.55. The van der Waals surface area contributed by atoms with E-state index in [4.69, 9.17) is 4.74 Å². The van der Waals surface area contributed by atoms with Gasteiger partial charge in [-0.2, -0.15) is 5.10 Å². The van der Waals surface area contributed by atoms with E-state index >= 15 is 0 Å². The van der Waals surface area contributed by atoms with E-state index in [2.05, 4.69) is 15.4 Å². The number of thiazole rings is 1. The van der Waals surface area contributed by atoms with Crippen molar-refractivity contribution in [3.05, 3.63) is 100 Å². The summed E-state index contributed by atoms with van der Waals surface area (Å²) in [4.78, 5) is 16.7. The first-order chi connectivity index (χ1) is 15.2. The number of aryl methyl sites for hydroxylation is 1. The van der Waals surface area contributed by atoms with E-state index in [0.717, 1.165) is 27.5 Å². The summed E-state index contributed by atoms with van der Waals surface area (Å²) in [5.41, 5.74) is 3.73. The van der Waals surface area contributed by atoms with E-state index in [0.29, 0.717) is 18.9 Å². The maximum atomic E-state index is 12.3. The smallest absolute Gasteiger partial charge is 0.244 e. The summed E-state index contributed by atoms with van der Waals surface area (Å²) in [5, 5.41) is 10.1. The standard InChI is InChI=1S/C24H22N4O2S/c1-18-27-21(17-31-18)16-30-23-6-3-2-5-20(23)9-12-24(29)25-15-19-7-10-22(11-8-19)28-14-4-13-26-28/h2-14,17H,15-16H2,1H3,(H,25,29). The summed E-state index contributed by atoms with van der Waals surface area (Å²) in [6.45, 7) is 2.82. The fourth-order valence-corrected chi connectivity index (χ4v) is 3.57. The molecule has 156 valence electrons. The van der Waals surface area contributed by atoms with Gasteiger partial charge in [-0.05, 0) is 42.8 Å². The average molecular weight is 431 g/mol. The molecule has 0 unspecified atom stereocenters. The van der Waals surface area contributed by atoms with Crippen molar-refractivity contribution in [2.75, 3.05) is 0 Å². The van der Waals surface area contributed by atoms with Crippen LogP contribution in [-0.4, -0.2) is 20.7 Å². The molecule has 0 fully saturated rings. The van der Waals surface area contributed by atoms with E-state index in [1.807, 2.05) is 73.1 Å². The molecule has 0 saturated heterocycles. The summed E-state index contributed by atoms with van der Waals surface area (Å²) < 4.78 is 7.69. The molecule has 1 amide bonds. The molecule has 4 aromatic rings. The fraction of sp³-hybridized carbons (Fsp3) is 0.125. The van der Waals surface area contributed by atoms with Crippen molar-refractivity contribution in [3.63, 3.8) is 0 Å². The van der Waals surface area contributed by atoms with Crippen LogP contribution in [0.15, 0.2) is 78.4 Å². The van der Waals surface area contributed by atoms with Gasteiger partial charge in [0, 0.05) is 36.0 Å². The fourth-order valence-electron chi connectivity index (χ4n) is 2.98. The van der Waals surface area contributed by atoms with Crippen LogP contribution in [0.5, 0.6) is 5.75 Å². The Hall–Kier alpha value is -3.71. The Morgan fingerprint density at radius 2 is 2.00 bits per heavy atom. The predicted molar refractivity (Wildman–Crippen MR) is 122 cm³/mol. The summed E-state index contributed by atoms with van der Waals surface area (Å²) >= 11 is 1.60. The van der Waals surface area contributed by atoms with E-state index in [9.17, 15) is 4.79 Å². The Balaban J connectivity index is 1.32. The zero-order valence-corrected chi connectivity index (χ0v) is 17.9. The van der Waals surface area contributed by atoms with Gasteiger partial charge in [0.25, 0.3) is 0 Å². The minimum Gasteiger partial charge on any atom is -0.487 e. The van der Waals surface area contributed by atoms with E-state index in [-0.39, 0.29) is 5.91 Å². The number of carbonyl (C=O) groups is 1. The van der Waals surface area contributed by atoms with Crippen molar-refractivity contribution < 1.29 is 9.53 Å². The van der Waals surface area contributed by atoms with E-state index < -0.39 is 0 Å². The van der Waals surface area contributed by atoms with Gasteiger partial charge in [0.05, 0.1) is 16.4 Å². The van der Waals surface area contributed by atoms with Crippen LogP contribution in [0.2, 0.25) is 0 Å². The van der Waals surface area contributed by atoms with Crippen LogP contribution in [0.4, 0.5) is 0 Å². The molecule has 4 rings (SSSR count).